The molecule has 5 nitrogen and oxygen atoms in total. The normalized spacial score (nSPS) is 15.8. The maximum Gasteiger partial charge on any atom is 0.244 e. The van der Waals surface area contributed by atoms with Gasteiger partial charge in [-0.15, -0.1) is 0 Å². The Kier molecular flexibility index (Phi) is 5.60. The molecule has 0 saturated carbocycles. The first kappa shape index (κ1) is 18.8. The molecule has 1 aliphatic rings. The minimum atomic E-state index is -3.69. The van der Waals surface area contributed by atoms with E-state index in [0.29, 0.717) is 5.56 Å². The number of nitrogens with zero attached hydrogens (tertiary/aromatic N) is 2. The second kappa shape index (κ2) is 7.73. The van der Waals surface area contributed by atoms with Gasteiger partial charge in [0.05, 0.1) is 11.4 Å². The lowest BCUT2D eigenvalue weighted by molar-refractivity contribution is -0.131. The number of benzene rings is 2. The Morgan fingerprint density at radius 2 is 1.73 bits per heavy atom. The maximum absolute atomic E-state index is 13.2. The lowest BCUT2D eigenvalue weighted by atomic mass is 10.1. The summed E-state index contributed by atoms with van der Waals surface area (Å²) in [5.41, 5.74) is 0.598. The van der Waals surface area contributed by atoms with Gasteiger partial charge in [-0.1, -0.05) is 35.9 Å². The maximum atomic E-state index is 13.2. The molecule has 1 aliphatic heterocycles. The van der Waals surface area contributed by atoms with E-state index in [2.05, 4.69) is 0 Å². The second-order valence-electron chi connectivity index (χ2n) is 6.02. The molecule has 1 fully saturated rings. The number of amides is 1. The molecule has 0 atom stereocenters. The van der Waals surface area contributed by atoms with Crippen LogP contribution in [-0.2, 0) is 21.2 Å². The van der Waals surface area contributed by atoms with Crippen LogP contribution < -0.4 is 0 Å². The zero-order chi connectivity index (χ0) is 18.7. The van der Waals surface area contributed by atoms with Gasteiger partial charge in [0.1, 0.15) is 10.7 Å². The number of hydrogen-bond donors (Lipinski definition) is 0. The van der Waals surface area contributed by atoms with Gasteiger partial charge < -0.3 is 4.90 Å². The summed E-state index contributed by atoms with van der Waals surface area (Å²) in [5, 5.41) is 0.178. The molecule has 0 N–H and O–H groups in total. The van der Waals surface area contributed by atoms with E-state index in [1.165, 1.54) is 28.6 Å². The Balaban J connectivity index is 1.64. The zero-order valence-electron chi connectivity index (χ0n) is 13.9. The second-order valence-corrected chi connectivity index (χ2v) is 8.34. The third-order valence-electron chi connectivity index (χ3n) is 4.29. The van der Waals surface area contributed by atoms with Crippen LogP contribution in [0.5, 0.6) is 0 Å². The summed E-state index contributed by atoms with van der Waals surface area (Å²) in [4.78, 5) is 14.0. The number of piperazine rings is 1. The SMILES string of the molecule is O=C(Cc1cccc(F)c1)N1CCN(S(=O)(=O)c2ccccc2Cl)CC1. The summed E-state index contributed by atoms with van der Waals surface area (Å²) in [6, 6.07) is 12.2. The minimum absolute atomic E-state index is 0.0706. The Morgan fingerprint density at radius 3 is 2.38 bits per heavy atom. The number of sulfonamides is 1. The molecular formula is C18H18ClFN2O3S. The number of carbonyl (C=O) groups is 1. The van der Waals surface area contributed by atoms with E-state index >= 15 is 0 Å². The molecule has 3 rings (SSSR count). The predicted octanol–water partition coefficient (Wildman–Crippen LogP) is 2.55. The van der Waals surface area contributed by atoms with Crippen LogP contribution in [0.2, 0.25) is 5.02 Å². The van der Waals surface area contributed by atoms with Crippen molar-refractivity contribution in [3.8, 4) is 0 Å². The largest absolute Gasteiger partial charge is 0.340 e. The average Bonchev–Trinajstić information content (AvgIpc) is 2.62. The lowest BCUT2D eigenvalue weighted by Gasteiger charge is -2.34. The fourth-order valence-corrected chi connectivity index (χ4v) is 4.82. The van der Waals surface area contributed by atoms with Gasteiger partial charge >= 0.3 is 0 Å². The molecule has 0 aromatic heterocycles. The van der Waals surface area contributed by atoms with Crippen LogP contribution in [0.3, 0.4) is 0 Å². The quantitative estimate of drug-likeness (QED) is 0.798. The van der Waals surface area contributed by atoms with E-state index in [1.807, 2.05) is 0 Å². The van der Waals surface area contributed by atoms with Crippen LogP contribution in [0.4, 0.5) is 4.39 Å². The summed E-state index contributed by atoms with van der Waals surface area (Å²) < 4.78 is 40.0. The van der Waals surface area contributed by atoms with Crippen LogP contribution in [0.1, 0.15) is 5.56 Å². The Morgan fingerprint density at radius 1 is 1.04 bits per heavy atom. The molecule has 1 heterocycles. The first-order valence-electron chi connectivity index (χ1n) is 8.15. The highest BCUT2D eigenvalue weighted by molar-refractivity contribution is 7.89. The molecular weight excluding hydrogens is 379 g/mol. The van der Waals surface area contributed by atoms with Gasteiger partial charge in [0.25, 0.3) is 0 Å². The van der Waals surface area contributed by atoms with E-state index in [9.17, 15) is 17.6 Å². The zero-order valence-corrected chi connectivity index (χ0v) is 15.5. The summed E-state index contributed by atoms with van der Waals surface area (Å²) >= 11 is 6.01. The van der Waals surface area contributed by atoms with E-state index < -0.39 is 10.0 Å². The highest BCUT2D eigenvalue weighted by atomic mass is 35.5. The Bertz CT molecular complexity index is 912. The van der Waals surface area contributed by atoms with Crippen LogP contribution in [0, 0.1) is 5.82 Å². The van der Waals surface area contributed by atoms with Crippen molar-refractivity contribution in [1.82, 2.24) is 9.21 Å². The number of halogens is 2. The molecule has 0 aliphatic carbocycles. The lowest BCUT2D eigenvalue weighted by Crippen LogP contribution is -2.50. The van der Waals surface area contributed by atoms with E-state index in [1.54, 1.807) is 29.2 Å². The van der Waals surface area contributed by atoms with Crippen molar-refractivity contribution >= 4 is 27.5 Å². The molecule has 2 aromatic rings. The van der Waals surface area contributed by atoms with Crippen molar-refractivity contribution in [2.45, 2.75) is 11.3 Å². The van der Waals surface area contributed by atoms with Crippen molar-refractivity contribution in [3.05, 3.63) is 64.9 Å². The van der Waals surface area contributed by atoms with Crippen LogP contribution in [-0.4, -0.2) is 49.7 Å². The molecule has 8 heteroatoms. The van der Waals surface area contributed by atoms with Crippen LogP contribution in [0.25, 0.3) is 0 Å². The number of hydrogen-bond acceptors (Lipinski definition) is 3. The molecule has 0 bridgehead atoms. The molecule has 2 aromatic carbocycles. The standard InChI is InChI=1S/C18H18ClFN2O3S/c19-16-6-1-2-7-17(16)26(24,25)22-10-8-21(9-11-22)18(23)13-14-4-3-5-15(20)12-14/h1-7,12H,8-11,13H2. The molecule has 0 radical (unpaired) electrons. The summed E-state index contributed by atoms with van der Waals surface area (Å²) in [6.07, 6.45) is 0.0923. The van der Waals surface area contributed by atoms with Crippen LogP contribution >= 0.6 is 11.6 Å². The fraction of sp³-hybridized carbons (Fsp3) is 0.278. The third kappa shape index (κ3) is 4.06. The van der Waals surface area contributed by atoms with Crippen molar-refractivity contribution in [2.24, 2.45) is 0 Å². The van der Waals surface area contributed by atoms with Gasteiger partial charge in [0, 0.05) is 26.2 Å². The monoisotopic (exact) mass is 396 g/mol. The molecule has 0 spiro atoms. The van der Waals surface area contributed by atoms with Crippen molar-refractivity contribution in [3.63, 3.8) is 0 Å². The van der Waals surface area contributed by atoms with Gasteiger partial charge in [0.15, 0.2) is 0 Å². The molecule has 138 valence electrons. The van der Waals surface area contributed by atoms with Crippen molar-refractivity contribution in [1.29, 1.82) is 0 Å². The third-order valence-corrected chi connectivity index (χ3v) is 6.69. The highest BCUT2D eigenvalue weighted by Crippen LogP contribution is 2.25. The summed E-state index contributed by atoms with van der Waals surface area (Å²) in [6.45, 7) is 0.973. The van der Waals surface area contributed by atoms with Gasteiger partial charge in [-0.25, -0.2) is 12.8 Å². The van der Waals surface area contributed by atoms with Crippen molar-refractivity contribution < 1.29 is 17.6 Å². The van der Waals surface area contributed by atoms with Gasteiger partial charge in [-0.2, -0.15) is 4.31 Å². The van der Waals surface area contributed by atoms with E-state index in [4.69, 9.17) is 11.6 Å². The van der Waals surface area contributed by atoms with Crippen LogP contribution in [0.15, 0.2) is 53.4 Å². The van der Waals surface area contributed by atoms with E-state index in [-0.39, 0.29) is 54.2 Å². The van der Waals surface area contributed by atoms with Gasteiger partial charge in [0.2, 0.25) is 15.9 Å². The van der Waals surface area contributed by atoms with Gasteiger partial charge in [-0.3, -0.25) is 4.79 Å². The minimum Gasteiger partial charge on any atom is -0.340 e. The molecule has 0 unspecified atom stereocenters. The summed E-state index contributed by atoms with van der Waals surface area (Å²) in [7, 11) is -3.69. The number of rotatable bonds is 4. The topological polar surface area (TPSA) is 57.7 Å². The van der Waals surface area contributed by atoms with E-state index in [0.717, 1.165) is 0 Å². The predicted molar refractivity (Wildman–Crippen MR) is 96.9 cm³/mol. The first-order chi connectivity index (χ1) is 12.4. The van der Waals surface area contributed by atoms with Gasteiger partial charge in [-0.05, 0) is 29.8 Å². The fourth-order valence-electron chi connectivity index (χ4n) is 2.90. The Labute approximate surface area is 157 Å². The number of carbonyl (C=O) groups excluding carboxylic acids is 1. The first-order valence-corrected chi connectivity index (χ1v) is 9.96. The highest BCUT2D eigenvalue weighted by Gasteiger charge is 2.31. The molecule has 1 amide bonds. The van der Waals surface area contributed by atoms with Crippen molar-refractivity contribution in [2.75, 3.05) is 26.2 Å². The Hall–Kier alpha value is -1.96. The molecule has 26 heavy (non-hydrogen) atoms. The molecule has 1 saturated heterocycles. The summed E-state index contributed by atoms with van der Waals surface area (Å²) in [5.74, 6) is -0.531. The average molecular weight is 397 g/mol. The smallest absolute Gasteiger partial charge is 0.244 e.